The van der Waals surface area contributed by atoms with Crippen LogP contribution in [-0.2, 0) is 10.3 Å². The van der Waals surface area contributed by atoms with Gasteiger partial charge in [-0.25, -0.2) is 4.79 Å². The molecule has 0 fully saturated rings. The van der Waals surface area contributed by atoms with Gasteiger partial charge in [-0.05, 0) is 18.5 Å². The molecule has 0 heterocycles. The van der Waals surface area contributed by atoms with Crippen molar-refractivity contribution in [2.75, 3.05) is 13.1 Å². The predicted molar refractivity (Wildman–Crippen MR) is 73.5 cm³/mol. The zero-order valence-electron chi connectivity index (χ0n) is 10.1. The predicted octanol–water partition coefficient (Wildman–Crippen LogP) is 3.19. The lowest BCUT2D eigenvalue weighted by molar-refractivity contribution is -0.144. The number of rotatable bonds is 6. The van der Waals surface area contributed by atoms with Gasteiger partial charge in [-0.15, -0.1) is 0 Å². The van der Waals surface area contributed by atoms with Gasteiger partial charge in [0.1, 0.15) is 5.54 Å². The van der Waals surface area contributed by atoms with Crippen LogP contribution in [0.5, 0.6) is 0 Å². The van der Waals surface area contributed by atoms with Crippen molar-refractivity contribution >= 4 is 29.2 Å². The number of hydrogen-bond donors (Lipinski definition) is 2. The topological polar surface area (TPSA) is 98.1 Å². The highest BCUT2D eigenvalue weighted by Gasteiger charge is 2.36. The Morgan fingerprint density at radius 2 is 2.26 bits per heavy atom. The van der Waals surface area contributed by atoms with Gasteiger partial charge in [0, 0.05) is 23.6 Å². The maximum absolute atomic E-state index is 11.5. The molecule has 6 nitrogen and oxygen atoms in total. The van der Waals surface area contributed by atoms with Crippen molar-refractivity contribution in [3.63, 3.8) is 0 Å². The average molecular weight is 303 g/mol. The van der Waals surface area contributed by atoms with Crippen LogP contribution in [-0.4, -0.2) is 24.2 Å². The largest absolute Gasteiger partial charge is 0.480 e. The molecule has 0 bridgehead atoms. The van der Waals surface area contributed by atoms with Crippen LogP contribution in [0.3, 0.4) is 0 Å². The first-order chi connectivity index (χ1) is 8.93. The normalized spacial score (nSPS) is 13.4. The number of carboxylic acid groups (broad SMARTS) is 1. The van der Waals surface area contributed by atoms with Gasteiger partial charge >= 0.3 is 5.97 Å². The van der Waals surface area contributed by atoms with Gasteiger partial charge in [0.15, 0.2) is 0 Å². The summed E-state index contributed by atoms with van der Waals surface area (Å²) in [6, 6.07) is 4.79. The Bertz CT molecular complexity index is 531. The number of halogens is 2. The molecule has 19 heavy (non-hydrogen) atoms. The number of hydrogen-bond acceptors (Lipinski definition) is 3. The second-order valence-corrected chi connectivity index (χ2v) is 4.70. The maximum Gasteiger partial charge on any atom is 0.328 e. The summed E-state index contributed by atoms with van der Waals surface area (Å²) in [5.41, 5.74) is 7.12. The molecule has 0 amide bonds. The van der Waals surface area contributed by atoms with Gasteiger partial charge < -0.3 is 5.11 Å². The molecule has 102 valence electrons. The molecule has 0 aliphatic heterocycles. The third kappa shape index (κ3) is 3.52. The lowest BCUT2D eigenvalue weighted by atomic mass is 9.92. The monoisotopic (exact) mass is 302 g/mol. The van der Waals surface area contributed by atoms with Crippen LogP contribution in [0, 0.1) is 0 Å². The van der Waals surface area contributed by atoms with Crippen LogP contribution >= 0.6 is 23.2 Å². The zero-order valence-corrected chi connectivity index (χ0v) is 11.6. The molecule has 0 saturated heterocycles. The molecule has 0 spiro atoms. The van der Waals surface area contributed by atoms with Crippen molar-refractivity contribution in [1.82, 2.24) is 5.32 Å². The minimum atomic E-state index is -1.41. The van der Waals surface area contributed by atoms with Crippen LogP contribution in [0.1, 0.15) is 12.5 Å². The van der Waals surface area contributed by atoms with Gasteiger partial charge in [-0.2, -0.15) is 0 Å². The number of carboxylic acids is 1. The van der Waals surface area contributed by atoms with Crippen molar-refractivity contribution in [2.45, 2.75) is 12.5 Å². The smallest absolute Gasteiger partial charge is 0.328 e. The zero-order chi connectivity index (χ0) is 14.5. The SMILES string of the molecule is CC(NCCN=[N+]=[N-])(C(=O)O)c1cccc(Cl)c1Cl. The van der Waals surface area contributed by atoms with Gasteiger partial charge in [-0.1, -0.05) is 40.4 Å². The molecule has 1 atom stereocenters. The van der Waals surface area contributed by atoms with E-state index in [4.69, 9.17) is 28.7 Å². The lowest BCUT2D eigenvalue weighted by Gasteiger charge is -2.27. The Hall–Kier alpha value is -1.46. The molecule has 1 aromatic rings. The number of aliphatic carboxylic acids is 1. The summed E-state index contributed by atoms with van der Waals surface area (Å²) in [7, 11) is 0. The van der Waals surface area contributed by atoms with E-state index in [0.717, 1.165) is 0 Å². The van der Waals surface area contributed by atoms with Gasteiger partial charge in [0.25, 0.3) is 0 Å². The van der Waals surface area contributed by atoms with E-state index < -0.39 is 11.5 Å². The van der Waals surface area contributed by atoms with Crippen LogP contribution in [0.4, 0.5) is 0 Å². The quantitative estimate of drug-likeness (QED) is 0.365. The standard InChI is InChI=1S/C11H12Cl2N4O2/c1-11(10(18)19,15-5-6-16-17-14)7-3-2-4-8(12)9(7)13/h2-4,15H,5-6H2,1H3,(H,18,19). The first kappa shape index (κ1) is 15.6. The number of nitrogens with one attached hydrogen (secondary N) is 1. The fourth-order valence-corrected chi connectivity index (χ4v) is 2.07. The molecule has 0 radical (unpaired) electrons. The van der Waals surface area contributed by atoms with E-state index >= 15 is 0 Å². The summed E-state index contributed by atoms with van der Waals surface area (Å²) in [4.78, 5) is 14.1. The highest BCUT2D eigenvalue weighted by molar-refractivity contribution is 6.42. The van der Waals surface area contributed by atoms with Crippen LogP contribution in [0.15, 0.2) is 23.3 Å². The molecule has 0 aliphatic carbocycles. The van der Waals surface area contributed by atoms with E-state index in [-0.39, 0.29) is 23.1 Å². The minimum Gasteiger partial charge on any atom is -0.480 e. The second kappa shape index (κ2) is 6.63. The van der Waals surface area contributed by atoms with Crippen LogP contribution in [0.2, 0.25) is 10.0 Å². The molecule has 1 unspecified atom stereocenters. The van der Waals surface area contributed by atoms with Crippen LogP contribution < -0.4 is 5.32 Å². The summed E-state index contributed by atoms with van der Waals surface area (Å²) in [5, 5.41) is 16.0. The van der Waals surface area contributed by atoms with E-state index in [0.29, 0.717) is 5.56 Å². The first-order valence-electron chi connectivity index (χ1n) is 5.37. The highest BCUT2D eigenvalue weighted by atomic mass is 35.5. The molecule has 1 aromatic carbocycles. The van der Waals surface area contributed by atoms with Crippen molar-refractivity contribution < 1.29 is 9.90 Å². The van der Waals surface area contributed by atoms with E-state index in [1.807, 2.05) is 0 Å². The average Bonchev–Trinajstić information content (AvgIpc) is 2.37. The fraction of sp³-hybridized carbons (Fsp3) is 0.364. The molecule has 0 saturated carbocycles. The summed E-state index contributed by atoms with van der Waals surface area (Å²) in [6.45, 7) is 1.82. The Morgan fingerprint density at radius 3 is 2.84 bits per heavy atom. The Kier molecular flexibility index (Phi) is 5.44. The minimum absolute atomic E-state index is 0.136. The Morgan fingerprint density at radius 1 is 1.58 bits per heavy atom. The Balaban J connectivity index is 3.08. The van der Waals surface area contributed by atoms with Gasteiger partial charge in [0.05, 0.1) is 10.0 Å². The van der Waals surface area contributed by atoms with Crippen molar-refractivity contribution in [1.29, 1.82) is 0 Å². The van der Waals surface area contributed by atoms with Crippen LogP contribution in [0.25, 0.3) is 10.4 Å². The van der Waals surface area contributed by atoms with Gasteiger partial charge in [0.2, 0.25) is 0 Å². The number of benzene rings is 1. The third-order valence-electron chi connectivity index (χ3n) is 2.67. The van der Waals surface area contributed by atoms with Crippen molar-refractivity contribution in [2.24, 2.45) is 5.11 Å². The molecule has 8 heteroatoms. The van der Waals surface area contributed by atoms with Crippen molar-refractivity contribution in [3.8, 4) is 0 Å². The summed E-state index contributed by atoms with van der Waals surface area (Å²) in [5.74, 6) is -1.10. The molecule has 0 aromatic heterocycles. The molecule has 0 aliphatic rings. The lowest BCUT2D eigenvalue weighted by Crippen LogP contribution is -2.47. The molecule has 2 N–H and O–H groups in total. The van der Waals surface area contributed by atoms with E-state index in [2.05, 4.69) is 15.3 Å². The summed E-state index contributed by atoms with van der Waals surface area (Å²) < 4.78 is 0. The molecular weight excluding hydrogens is 291 g/mol. The molecular formula is C11H12Cl2N4O2. The maximum atomic E-state index is 11.5. The number of azide groups is 1. The van der Waals surface area contributed by atoms with Crippen molar-refractivity contribution in [3.05, 3.63) is 44.3 Å². The first-order valence-corrected chi connectivity index (χ1v) is 6.13. The third-order valence-corrected chi connectivity index (χ3v) is 3.49. The van der Waals surface area contributed by atoms with E-state index in [1.165, 1.54) is 6.92 Å². The van der Waals surface area contributed by atoms with E-state index in [1.54, 1.807) is 18.2 Å². The summed E-state index contributed by atoms with van der Waals surface area (Å²) in [6.07, 6.45) is 0. The van der Waals surface area contributed by atoms with E-state index in [9.17, 15) is 9.90 Å². The number of nitrogens with zero attached hydrogens (tertiary/aromatic N) is 3. The highest BCUT2D eigenvalue weighted by Crippen LogP contribution is 2.33. The Labute approximate surface area is 120 Å². The molecule has 1 rings (SSSR count). The van der Waals surface area contributed by atoms with Gasteiger partial charge in [-0.3, -0.25) is 5.32 Å². The second-order valence-electron chi connectivity index (χ2n) is 3.91. The number of carbonyl (C=O) groups is 1. The fourth-order valence-electron chi connectivity index (χ4n) is 1.58. The summed E-state index contributed by atoms with van der Waals surface area (Å²) >= 11 is 11.9.